The molecule has 0 saturated carbocycles. The fourth-order valence-electron chi connectivity index (χ4n) is 2.18. The van der Waals surface area contributed by atoms with Gasteiger partial charge in [-0.15, -0.1) is 17.9 Å². The molecule has 0 amide bonds. The molecular formula is C17H21NS. The van der Waals surface area contributed by atoms with Crippen molar-refractivity contribution in [3.63, 3.8) is 0 Å². The molecule has 0 bridgehead atoms. The summed E-state index contributed by atoms with van der Waals surface area (Å²) in [6.45, 7) is 6.04. The molecule has 19 heavy (non-hydrogen) atoms. The number of rotatable bonds is 7. The van der Waals surface area contributed by atoms with E-state index in [0.29, 0.717) is 12.1 Å². The summed E-state index contributed by atoms with van der Waals surface area (Å²) in [5.41, 5.74) is 1.33. The average Bonchev–Trinajstić information content (AvgIpc) is 2.97. The average molecular weight is 271 g/mol. The molecule has 2 unspecified atom stereocenters. The number of benzene rings is 1. The van der Waals surface area contributed by atoms with E-state index in [-0.39, 0.29) is 0 Å². The number of hydrogen-bond acceptors (Lipinski definition) is 2. The molecule has 1 aromatic carbocycles. The van der Waals surface area contributed by atoms with Crippen LogP contribution in [0.1, 0.15) is 36.2 Å². The van der Waals surface area contributed by atoms with Crippen LogP contribution in [0.15, 0.2) is 60.5 Å². The molecule has 0 radical (unpaired) electrons. The molecule has 2 heteroatoms. The van der Waals surface area contributed by atoms with Gasteiger partial charge in [-0.25, -0.2) is 0 Å². The fraction of sp³-hybridized carbons (Fsp3) is 0.294. The van der Waals surface area contributed by atoms with Gasteiger partial charge in [-0.3, -0.25) is 0 Å². The molecule has 0 fully saturated rings. The monoisotopic (exact) mass is 271 g/mol. The molecule has 2 rings (SSSR count). The Kier molecular flexibility index (Phi) is 5.37. The van der Waals surface area contributed by atoms with E-state index in [1.165, 1.54) is 10.4 Å². The first kappa shape index (κ1) is 14.0. The van der Waals surface area contributed by atoms with Crippen LogP contribution in [0.3, 0.4) is 0 Å². The van der Waals surface area contributed by atoms with Gasteiger partial charge in [0.1, 0.15) is 0 Å². The van der Waals surface area contributed by atoms with Crippen LogP contribution in [0.2, 0.25) is 0 Å². The van der Waals surface area contributed by atoms with Crippen molar-refractivity contribution >= 4 is 11.3 Å². The number of hydrogen-bond donors (Lipinski definition) is 1. The molecule has 0 aliphatic carbocycles. The lowest BCUT2D eigenvalue weighted by atomic mass is 10.0. The van der Waals surface area contributed by atoms with Crippen LogP contribution in [0.25, 0.3) is 0 Å². The fourth-order valence-corrected chi connectivity index (χ4v) is 2.99. The highest BCUT2D eigenvalue weighted by Gasteiger charge is 2.16. The van der Waals surface area contributed by atoms with E-state index in [0.717, 1.165) is 12.8 Å². The molecule has 0 spiro atoms. The molecule has 1 nitrogen and oxygen atoms in total. The van der Waals surface area contributed by atoms with Crippen molar-refractivity contribution in [2.24, 2.45) is 0 Å². The highest BCUT2D eigenvalue weighted by molar-refractivity contribution is 7.10. The van der Waals surface area contributed by atoms with Gasteiger partial charge in [0.2, 0.25) is 0 Å². The van der Waals surface area contributed by atoms with Crippen molar-refractivity contribution in [2.45, 2.75) is 31.8 Å². The van der Waals surface area contributed by atoms with Crippen LogP contribution < -0.4 is 5.32 Å². The zero-order chi connectivity index (χ0) is 13.5. The smallest absolute Gasteiger partial charge is 0.0673 e. The summed E-state index contributed by atoms with van der Waals surface area (Å²) in [5.74, 6) is 0. The van der Waals surface area contributed by atoms with E-state index in [4.69, 9.17) is 0 Å². The van der Waals surface area contributed by atoms with Gasteiger partial charge in [-0.05, 0) is 36.8 Å². The summed E-state index contributed by atoms with van der Waals surface area (Å²) in [5, 5.41) is 5.87. The molecule has 1 N–H and O–H groups in total. The molecule has 0 aliphatic rings. The van der Waals surface area contributed by atoms with Crippen molar-refractivity contribution < 1.29 is 0 Å². The highest BCUT2D eigenvalue weighted by atomic mass is 32.1. The maximum atomic E-state index is 3.79. The minimum absolute atomic E-state index is 0.293. The zero-order valence-corrected chi connectivity index (χ0v) is 12.2. The minimum atomic E-state index is 0.293. The Balaban J connectivity index is 2.14. The van der Waals surface area contributed by atoms with E-state index in [2.05, 4.69) is 66.7 Å². The van der Waals surface area contributed by atoms with Gasteiger partial charge >= 0.3 is 0 Å². The van der Waals surface area contributed by atoms with Gasteiger partial charge < -0.3 is 5.32 Å². The van der Waals surface area contributed by atoms with Gasteiger partial charge in [0.25, 0.3) is 0 Å². The Hall–Kier alpha value is -1.38. The first-order valence-corrected chi connectivity index (χ1v) is 7.64. The van der Waals surface area contributed by atoms with Gasteiger partial charge in [-0.2, -0.15) is 0 Å². The summed E-state index contributed by atoms with van der Waals surface area (Å²) in [4.78, 5) is 1.37. The van der Waals surface area contributed by atoms with Crippen molar-refractivity contribution in [3.05, 3.63) is 70.9 Å². The van der Waals surface area contributed by atoms with E-state index in [1.54, 1.807) is 0 Å². The van der Waals surface area contributed by atoms with Gasteiger partial charge in [0.05, 0.1) is 6.04 Å². The number of thiophene rings is 1. The summed E-state index contributed by atoms with van der Waals surface area (Å²) in [6, 6.07) is 15.7. The number of allylic oxidation sites excluding steroid dienone is 1. The predicted octanol–water partition coefficient (Wildman–Crippen LogP) is 4.78. The Morgan fingerprint density at radius 3 is 2.63 bits per heavy atom. The lowest BCUT2D eigenvalue weighted by Crippen LogP contribution is -2.30. The van der Waals surface area contributed by atoms with Crippen LogP contribution in [0.5, 0.6) is 0 Å². The Morgan fingerprint density at radius 2 is 2.00 bits per heavy atom. The Bertz CT molecular complexity index is 475. The lowest BCUT2D eigenvalue weighted by molar-refractivity contribution is 0.479. The normalized spacial score (nSPS) is 13.9. The van der Waals surface area contributed by atoms with E-state index in [1.807, 2.05) is 17.4 Å². The molecule has 1 aromatic heterocycles. The van der Waals surface area contributed by atoms with Crippen molar-refractivity contribution in [1.29, 1.82) is 0 Å². The van der Waals surface area contributed by atoms with E-state index >= 15 is 0 Å². The van der Waals surface area contributed by atoms with Gasteiger partial charge in [0, 0.05) is 10.9 Å². The second-order valence-corrected chi connectivity index (χ2v) is 5.77. The molecule has 2 atom stereocenters. The lowest BCUT2D eigenvalue weighted by Gasteiger charge is -2.23. The highest BCUT2D eigenvalue weighted by Crippen LogP contribution is 2.26. The third-order valence-electron chi connectivity index (χ3n) is 3.22. The maximum absolute atomic E-state index is 3.79. The standard InChI is InChI=1S/C17H21NS/c1-3-4-9-14(2)18-17(16-12-8-13-19-16)15-10-6-5-7-11-15/h3,5-8,10-14,17-18H,1,4,9H2,2H3. The largest absolute Gasteiger partial charge is 0.303 e. The molecule has 0 aliphatic heterocycles. The SMILES string of the molecule is C=CCCC(C)NC(c1ccccc1)c1cccs1. The van der Waals surface area contributed by atoms with Crippen LogP contribution in [0, 0.1) is 0 Å². The third-order valence-corrected chi connectivity index (χ3v) is 4.15. The summed E-state index contributed by atoms with van der Waals surface area (Å²) < 4.78 is 0. The van der Waals surface area contributed by atoms with Crippen molar-refractivity contribution in [1.82, 2.24) is 5.32 Å². The van der Waals surface area contributed by atoms with Crippen LogP contribution in [-0.2, 0) is 0 Å². The van der Waals surface area contributed by atoms with Crippen molar-refractivity contribution in [3.8, 4) is 0 Å². The van der Waals surface area contributed by atoms with Crippen LogP contribution in [-0.4, -0.2) is 6.04 Å². The third kappa shape index (κ3) is 4.05. The van der Waals surface area contributed by atoms with Crippen LogP contribution >= 0.6 is 11.3 Å². The molecule has 100 valence electrons. The summed E-state index contributed by atoms with van der Waals surface area (Å²) in [7, 11) is 0. The maximum Gasteiger partial charge on any atom is 0.0673 e. The molecular weight excluding hydrogens is 250 g/mol. The zero-order valence-electron chi connectivity index (χ0n) is 11.4. The van der Waals surface area contributed by atoms with E-state index in [9.17, 15) is 0 Å². The molecule has 1 heterocycles. The van der Waals surface area contributed by atoms with Crippen LogP contribution in [0.4, 0.5) is 0 Å². The minimum Gasteiger partial charge on any atom is -0.303 e. The van der Waals surface area contributed by atoms with Gasteiger partial charge in [-0.1, -0.05) is 42.5 Å². The Morgan fingerprint density at radius 1 is 1.21 bits per heavy atom. The van der Waals surface area contributed by atoms with Gasteiger partial charge in [0.15, 0.2) is 0 Å². The second-order valence-electron chi connectivity index (χ2n) is 4.79. The van der Waals surface area contributed by atoms with E-state index < -0.39 is 0 Å². The topological polar surface area (TPSA) is 12.0 Å². The second kappa shape index (κ2) is 7.27. The Labute approximate surface area is 120 Å². The summed E-state index contributed by atoms with van der Waals surface area (Å²) in [6.07, 6.45) is 4.17. The summed E-state index contributed by atoms with van der Waals surface area (Å²) >= 11 is 1.81. The first-order valence-electron chi connectivity index (χ1n) is 6.76. The predicted molar refractivity (Wildman–Crippen MR) is 84.6 cm³/mol. The molecule has 0 saturated heterocycles. The van der Waals surface area contributed by atoms with Crippen molar-refractivity contribution in [2.75, 3.05) is 0 Å². The first-order chi connectivity index (χ1) is 9.31. The quantitative estimate of drug-likeness (QED) is 0.714. The number of nitrogens with one attached hydrogen (secondary N) is 1. The molecule has 2 aromatic rings.